The minimum atomic E-state index is -0.221. The van der Waals surface area contributed by atoms with Gasteiger partial charge in [-0.15, -0.1) is 23.1 Å². The highest BCUT2D eigenvalue weighted by Gasteiger charge is 2.13. The van der Waals surface area contributed by atoms with Gasteiger partial charge in [0.1, 0.15) is 22.0 Å². The van der Waals surface area contributed by atoms with Crippen LogP contribution in [0, 0.1) is 5.82 Å². The first kappa shape index (κ1) is 16.5. The van der Waals surface area contributed by atoms with Crippen LogP contribution in [-0.2, 0) is 5.75 Å². The molecule has 2 heterocycles. The third kappa shape index (κ3) is 3.54. The summed E-state index contributed by atoms with van der Waals surface area (Å²) in [5, 5.41) is 4.80. The zero-order chi connectivity index (χ0) is 17.2. The molecule has 0 bridgehead atoms. The van der Waals surface area contributed by atoms with E-state index in [-0.39, 0.29) is 5.82 Å². The van der Waals surface area contributed by atoms with E-state index in [1.165, 1.54) is 12.1 Å². The molecule has 0 unspecified atom stereocenters. The first-order valence-electron chi connectivity index (χ1n) is 7.56. The Morgan fingerprint density at radius 2 is 1.76 bits per heavy atom. The average Bonchev–Trinajstić information content (AvgIpc) is 3.07. The number of nitrogens with zero attached hydrogens (tertiary/aromatic N) is 2. The summed E-state index contributed by atoms with van der Waals surface area (Å²) in [6.07, 6.45) is 1.59. The molecule has 0 aliphatic heterocycles. The third-order valence-electron chi connectivity index (χ3n) is 3.78. The molecule has 0 N–H and O–H groups in total. The summed E-state index contributed by atoms with van der Waals surface area (Å²) in [5.41, 5.74) is 3.26. The quantitative estimate of drug-likeness (QED) is 0.298. The van der Waals surface area contributed by atoms with Gasteiger partial charge in [-0.25, -0.2) is 14.4 Å². The summed E-state index contributed by atoms with van der Waals surface area (Å²) in [5.74, 6) is 0.503. The number of rotatable bonds is 4. The van der Waals surface area contributed by atoms with E-state index in [1.54, 1.807) is 41.6 Å². The molecule has 6 heteroatoms. The van der Waals surface area contributed by atoms with Gasteiger partial charge in [-0.3, -0.25) is 0 Å². The smallest absolute Gasteiger partial charge is 0.128 e. The molecule has 4 aromatic rings. The topological polar surface area (TPSA) is 25.8 Å². The summed E-state index contributed by atoms with van der Waals surface area (Å²) in [6.45, 7) is 0. The molecule has 0 atom stereocenters. The summed E-state index contributed by atoms with van der Waals surface area (Å²) >= 11 is 9.23. The van der Waals surface area contributed by atoms with E-state index in [9.17, 15) is 4.39 Å². The Morgan fingerprint density at radius 3 is 2.52 bits per heavy atom. The fraction of sp³-hybridized carbons (Fsp3) is 0.0526. The second-order valence-electron chi connectivity index (χ2n) is 5.43. The van der Waals surface area contributed by atoms with Gasteiger partial charge in [-0.1, -0.05) is 35.9 Å². The van der Waals surface area contributed by atoms with Crippen LogP contribution in [0.3, 0.4) is 0 Å². The first-order chi connectivity index (χ1) is 12.2. The van der Waals surface area contributed by atoms with Crippen LogP contribution in [-0.4, -0.2) is 9.97 Å². The van der Waals surface area contributed by atoms with Crippen molar-refractivity contribution in [1.29, 1.82) is 0 Å². The molecule has 0 fully saturated rings. The maximum atomic E-state index is 13.1. The van der Waals surface area contributed by atoms with E-state index in [1.807, 2.05) is 24.3 Å². The number of hydrogen-bond acceptors (Lipinski definition) is 4. The van der Waals surface area contributed by atoms with Crippen molar-refractivity contribution in [2.75, 3.05) is 0 Å². The zero-order valence-electron chi connectivity index (χ0n) is 12.9. The monoisotopic (exact) mass is 386 g/mol. The molecule has 124 valence electrons. The second-order valence-corrected chi connectivity index (χ2v) is 7.69. The second kappa shape index (κ2) is 7.12. The lowest BCUT2D eigenvalue weighted by atomic mass is 10.1. The van der Waals surface area contributed by atoms with Gasteiger partial charge in [0.2, 0.25) is 0 Å². The van der Waals surface area contributed by atoms with Crippen molar-refractivity contribution in [3.8, 4) is 11.1 Å². The summed E-state index contributed by atoms with van der Waals surface area (Å²) in [4.78, 5) is 9.82. The predicted molar refractivity (Wildman–Crippen MR) is 104 cm³/mol. The molecular formula is C19H12ClFN2S2. The molecule has 4 rings (SSSR count). The van der Waals surface area contributed by atoms with Gasteiger partial charge in [-0.05, 0) is 35.4 Å². The minimum Gasteiger partial charge on any atom is -0.229 e. The Hall–Kier alpha value is -1.95. The molecule has 0 aliphatic carbocycles. The van der Waals surface area contributed by atoms with Crippen molar-refractivity contribution in [1.82, 2.24) is 9.97 Å². The summed E-state index contributed by atoms with van der Waals surface area (Å²) < 4.78 is 13.1. The average molecular weight is 387 g/mol. The number of thioether (sulfide) groups is 1. The van der Waals surface area contributed by atoms with Gasteiger partial charge < -0.3 is 0 Å². The normalized spacial score (nSPS) is 11.1. The molecule has 0 saturated heterocycles. The number of hydrogen-bond donors (Lipinski definition) is 0. The molecule has 0 saturated carbocycles. The molecule has 0 amide bonds. The van der Waals surface area contributed by atoms with Crippen LogP contribution in [0.15, 0.2) is 65.3 Å². The molecule has 2 aromatic carbocycles. The minimum absolute atomic E-state index is 0.221. The van der Waals surface area contributed by atoms with Gasteiger partial charge in [0.25, 0.3) is 0 Å². The summed E-state index contributed by atoms with van der Waals surface area (Å²) in [7, 11) is 0. The maximum absolute atomic E-state index is 13.1. The molecule has 2 nitrogen and oxygen atoms in total. The highest BCUT2D eigenvalue weighted by atomic mass is 35.5. The van der Waals surface area contributed by atoms with E-state index in [0.29, 0.717) is 5.02 Å². The standard InChI is InChI=1S/C19H12ClFN2S2/c20-14-5-3-13(4-6-14)16-10-25-19-17(16)18(22-11-23-19)24-9-12-1-7-15(21)8-2-12/h1-8,10-11H,9H2. The van der Waals surface area contributed by atoms with Crippen LogP contribution < -0.4 is 0 Å². The van der Waals surface area contributed by atoms with Gasteiger partial charge in [-0.2, -0.15) is 0 Å². The number of thiophene rings is 1. The lowest BCUT2D eigenvalue weighted by molar-refractivity contribution is 0.627. The van der Waals surface area contributed by atoms with Crippen LogP contribution in [0.2, 0.25) is 5.02 Å². The van der Waals surface area contributed by atoms with Gasteiger partial charge in [0.15, 0.2) is 0 Å². The van der Waals surface area contributed by atoms with Gasteiger partial charge >= 0.3 is 0 Å². The van der Waals surface area contributed by atoms with Crippen molar-refractivity contribution in [3.63, 3.8) is 0 Å². The number of benzene rings is 2. The third-order valence-corrected chi connectivity index (χ3v) is 5.98. The van der Waals surface area contributed by atoms with Crippen LogP contribution >= 0.6 is 34.7 Å². The Balaban J connectivity index is 1.70. The molecule has 0 aliphatic rings. The van der Waals surface area contributed by atoms with Crippen molar-refractivity contribution < 1.29 is 4.39 Å². The van der Waals surface area contributed by atoms with Crippen molar-refractivity contribution in [3.05, 3.63) is 76.6 Å². The van der Waals surface area contributed by atoms with E-state index >= 15 is 0 Å². The maximum Gasteiger partial charge on any atom is 0.128 e. The fourth-order valence-electron chi connectivity index (χ4n) is 2.53. The largest absolute Gasteiger partial charge is 0.229 e. The van der Waals surface area contributed by atoms with Crippen LogP contribution in [0.4, 0.5) is 4.39 Å². The van der Waals surface area contributed by atoms with E-state index in [0.717, 1.165) is 37.7 Å². The van der Waals surface area contributed by atoms with Crippen LogP contribution in [0.1, 0.15) is 5.56 Å². The van der Waals surface area contributed by atoms with Crippen molar-refractivity contribution in [2.45, 2.75) is 10.8 Å². The van der Waals surface area contributed by atoms with Gasteiger partial charge in [0.05, 0.1) is 5.39 Å². The SMILES string of the molecule is Fc1ccc(CSc2ncnc3scc(-c4ccc(Cl)cc4)c23)cc1. The lowest BCUT2D eigenvalue weighted by Gasteiger charge is -2.06. The number of aromatic nitrogens is 2. The molecule has 2 aromatic heterocycles. The molecule has 25 heavy (non-hydrogen) atoms. The van der Waals surface area contributed by atoms with Gasteiger partial charge in [0, 0.05) is 21.7 Å². The van der Waals surface area contributed by atoms with E-state index in [4.69, 9.17) is 11.6 Å². The Bertz CT molecular complexity index is 1010. The Morgan fingerprint density at radius 1 is 1.00 bits per heavy atom. The highest BCUT2D eigenvalue weighted by molar-refractivity contribution is 7.98. The molecule has 0 spiro atoms. The lowest BCUT2D eigenvalue weighted by Crippen LogP contribution is -1.88. The molecular weight excluding hydrogens is 375 g/mol. The van der Waals surface area contributed by atoms with Crippen molar-refractivity contribution >= 4 is 44.9 Å². The Labute approximate surface area is 157 Å². The Kier molecular flexibility index (Phi) is 4.70. The molecule has 0 radical (unpaired) electrons. The highest BCUT2D eigenvalue weighted by Crippen LogP contribution is 2.38. The first-order valence-corrected chi connectivity index (χ1v) is 9.80. The number of halogens is 2. The van der Waals surface area contributed by atoms with Crippen molar-refractivity contribution in [2.24, 2.45) is 0 Å². The van der Waals surface area contributed by atoms with Crippen LogP contribution in [0.5, 0.6) is 0 Å². The zero-order valence-corrected chi connectivity index (χ0v) is 15.3. The summed E-state index contributed by atoms with van der Waals surface area (Å²) in [6, 6.07) is 14.3. The van der Waals surface area contributed by atoms with E-state index < -0.39 is 0 Å². The van der Waals surface area contributed by atoms with Crippen LogP contribution in [0.25, 0.3) is 21.3 Å². The van der Waals surface area contributed by atoms with E-state index in [2.05, 4.69) is 15.3 Å². The fourth-order valence-corrected chi connectivity index (χ4v) is 4.61. The number of fused-ring (bicyclic) bond motifs is 1. The predicted octanol–water partition coefficient (Wildman–Crippen LogP) is 6.44.